The number of amides is 1. The number of nitrogens with one attached hydrogen (secondary N) is 1. The van der Waals surface area contributed by atoms with Gasteiger partial charge in [0.25, 0.3) is 0 Å². The molecule has 1 aliphatic heterocycles. The molecule has 134 valence electrons. The van der Waals surface area contributed by atoms with Gasteiger partial charge in [-0.1, -0.05) is 24.6 Å². The van der Waals surface area contributed by atoms with E-state index in [1.54, 1.807) is 24.3 Å². The van der Waals surface area contributed by atoms with E-state index >= 15 is 0 Å². The van der Waals surface area contributed by atoms with Crippen molar-refractivity contribution < 1.29 is 13.2 Å². The third-order valence-corrected chi connectivity index (χ3v) is 5.29. The van der Waals surface area contributed by atoms with E-state index in [1.165, 1.54) is 19.3 Å². The van der Waals surface area contributed by atoms with Gasteiger partial charge < -0.3 is 10.2 Å². The first kappa shape index (κ1) is 18.7. The Labute approximate surface area is 144 Å². The predicted octanol–water partition coefficient (Wildman–Crippen LogP) is 1.44. The second kappa shape index (κ2) is 9.03. The molecule has 24 heavy (non-hydrogen) atoms. The molecule has 1 aliphatic rings. The minimum absolute atomic E-state index is 0.188. The van der Waals surface area contributed by atoms with E-state index in [9.17, 15) is 13.2 Å². The Morgan fingerprint density at radius 2 is 1.83 bits per heavy atom. The van der Waals surface area contributed by atoms with Gasteiger partial charge >= 0.3 is 0 Å². The Hall–Kier alpha value is -1.60. The van der Waals surface area contributed by atoms with Gasteiger partial charge in [-0.25, -0.2) is 8.42 Å². The molecular formula is C17H27N3O3S. The highest BCUT2D eigenvalue weighted by molar-refractivity contribution is 7.92. The summed E-state index contributed by atoms with van der Waals surface area (Å²) < 4.78 is 25.0. The van der Waals surface area contributed by atoms with Crippen LogP contribution in [0.3, 0.4) is 0 Å². The lowest BCUT2D eigenvalue weighted by molar-refractivity contribution is -0.119. The molecule has 1 saturated heterocycles. The minimum atomic E-state index is -3.50. The lowest BCUT2D eigenvalue weighted by Gasteiger charge is -2.26. The molecule has 0 atom stereocenters. The van der Waals surface area contributed by atoms with Gasteiger partial charge in [0, 0.05) is 6.54 Å². The summed E-state index contributed by atoms with van der Waals surface area (Å²) >= 11 is 0. The summed E-state index contributed by atoms with van der Waals surface area (Å²) in [5, 5.41) is 2.82. The summed E-state index contributed by atoms with van der Waals surface area (Å²) in [6.45, 7) is 3.65. The summed E-state index contributed by atoms with van der Waals surface area (Å²) in [5.41, 5.74) is 0.503. The standard InChI is InChI=1S/C17H27N3O3S/c1-24(22,23)20(16-9-4-2-5-10-16)15-17(21)18-11-8-14-19-12-6-3-7-13-19/h2,4-5,9-10H,3,6-8,11-15H2,1H3,(H,18,21). The zero-order valence-corrected chi connectivity index (χ0v) is 15.1. The average molecular weight is 353 g/mol. The van der Waals surface area contributed by atoms with Crippen molar-refractivity contribution >= 4 is 21.6 Å². The molecule has 1 aromatic rings. The smallest absolute Gasteiger partial charge is 0.240 e. The second-order valence-corrected chi connectivity index (χ2v) is 8.12. The summed E-state index contributed by atoms with van der Waals surface area (Å²) in [6.07, 6.45) is 5.83. The maximum absolute atomic E-state index is 12.1. The molecule has 0 aromatic heterocycles. The molecule has 1 heterocycles. The van der Waals surface area contributed by atoms with Crippen LogP contribution >= 0.6 is 0 Å². The van der Waals surface area contributed by atoms with Gasteiger partial charge in [-0.3, -0.25) is 9.10 Å². The van der Waals surface area contributed by atoms with E-state index in [4.69, 9.17) is 0 Å². The van der Waals surface area contributed by atoms with Crippen LogP contribution in [0.5, 0.6) is 0 Å². The van der Waals surface area contributed by atoms with Crippen molar-refractivity contribution in [2.75, 3.05) is 43.3 Å². The van der Waals surface area contributed by atoms with Crippen LogP contribution in [0.25, 0.3) is 0 Å². The Morgan fingerprint density at radius 1 is 1.17 bits per heavy atom. The quantitative estimate of drug-likeness (QED) is 0.718. The Morgan fingerprint density at radius 3 is 2.46 bits per heavy atom. The number of carbonyl (C=O) groups excluding carboxylic acids is 1. The Kier molecular flexibility index (Phi) is 7.05. The largest absolute Gasteiger partial charge is 0.354 e. The second-order valence-electron chi connectivity index (χ2n) is 6.21. The van der Waals surface area contributed by atoms with Gasteiger partial charge in [0.1, 0.15) is 6.54 Å². The summed E-state index contributed by atoms with van der Waals surface area (Å²) in [4.78, 5) is 14.5. The number of sulfonamides is 1. The van der Waals surface area contributed by atoms with E-state index < -0.39 is 10.0 Å². The highest BCUT2D eigenvalue weighted by Crippen LogP contribution is 2.16. The van der Waals surface area contributed by atoms with Crippen molar-refractivity contribution in [2.45, 2.75) is 25.7 Å². The van der Waals surface area contributed by atoms with Crippen LogP contribution in [-0.2, 0) is 14.8 Å². The maximum atomic E-state index is 12.1. The first-order chi connectivity index (χ1) is 11.5. The van der Waals surface area contributed by atoms with Crippen LogP contribution in [0.15, 0.2) is 30.3 Å². The number of hydrogen-bond acceptors (Lipinski definition) is 4. The fraction of sp³-hybridized carbons (Fsp3) is 0.588. The zero-order chi connectivity index (χ0) is 17.4. The molecule has 1 amide bonds. The van der Waals surface area contributed by atoms with Crippen molar-refractivity contribution in [3.8, 4) is 0 Å². The highest BCUT2D eigenvalue weighted by atomic mass is 32.2. The number of para-hydroxylation sites is 1. The molecular weight excluding hydrogens is 326 g/mol. The molecule has 0 aliphatic carbocycles. The predicted molar refractivity (Wildman–Crippen MR) is 96.5 cm³/mol. The fourth-order valence-electron chi connectivity index (χ4n) is 2.89. The van der Waals surface area contributed by atoms with Crippen molar-refractivity contribution in [1.82, 2.24) is 10.2 Å². The van der Waals surface area contributed by atoms with Gasteiger partial charge in [0.15, 0.2) is 0 Å². The van der Waals surface area contributed by atoms with E-state index in [2.05, 4.69) is 10.2 Å². The molecule has 1 fully saturated rings. The van der Waals surface area contributed by atoms with Crippen molar-refractivity contribution in [2.24, 2.45) is 0 Å². The van der Waals surface area contributed by atoms with Gasteiger partial charge in [-0.2, -0.15) is 0 Å². The molecule has 0 bridgehead atoms. The van der Waals surface area contributed by atoms with Crippen LogP contribution in [0.1, 0.15) is 25.7 Å². The third kappa shape index (κ3) is 6.13. The number of anilines is 1. The molecule has 0 spiro atoms. The minimum Gasteiger partial charge on any atom is -0.354 e. The average Bonchev–Trinajstić information content (AvgIpc) is 2.57. The van der Waals surface area contributed by atoms with Crippen LogP contribution < -0.4 is 9.62 Å². The zero-order valence-electron chi connectivity index (χ0n) is 14.3. The van der Waals surface area contributed by atoms with Crippen LogP contribution in [-0.4, -0.2) is 58.2 Å². The first-order valence-corrected chi connectivity index (χ1v) is 10.3. The van der Waals surface area contributed by atoms with Crippen molar-refractivity contribution in [3.63, 3.8) is 0 Å². The third-order valence-electron chi connectivity index (χ3n) is 4.15. The van der Waals surface area contributed by atoms with Gasteiger partial charge in [-0.05, 0) is 51.0 Å². The molecule has 6 nitrogen and oxygen atoms in total. The molecule has 1 N–H and O–H groups in total. The number of likely N-dealkylation sites (tertiary alicyclic amines) is 1. The van der Waals surface area contributed by atoms with Gasteiger partial charge in [0.2, 0.25) is 15.9 Å². The monoisotopic (exact) mass is 353 g/mol. The number of benzene rings is 1. The number of hydrogen-bond donors (Lipinski definition) is 1. The Balaban J connectivity index is 1.78. The van der Waals surface area contributed by atoms with E-state index in [0.717, 1.165) is 36.6 Å². The van der Waals surface area contributed by atoms with Crippen LogP contribution in [0.2, 0.25) is 0 Å². The number of nitrogens with zero attached hydrogens (tertiary/aromatic N) is 2. The molecule has 0 saturated carbocycles. The number of carbonyl (C=O) groups is 1. The van der Waals surface area contributed by atoms with E-state index in [-0.39, 0.29) is 12.5 Å². The molecule has 1 aromatic carbocycles. The molecule has 7 heteroatoms. The van der Waals surface area contributed by atoms with Crippen molar-refractivity contribution in [3.05, 3.63) is 30.3 Å². The number of rotatable bonds is 8. The molecule has 0 radical (unpaired) electrons. The lowest BCUT2D eigenvalue weighted by Crippen LogP contribution is -2.41. The summed E-state index contributed by atoms with van der Waals surface area (Å²) in [5.74, 6) is -0.275. The van der Waals surface area contributed by atoms with Crippen molar-refractivity contribution in [1.29, 1.82) is 0 Å². The van der Waals surface area contributed by atoms with Gasteiger partial charge in [0.05, 0.1) is 11.9 Å². The van der Waals surface area contributed by atoms with E-state index in [0.29, 0.717) is 12.2 Å². The van der Waals surface area contributed by atoms with E-state index in [1.807, 2.05) is 6.07 Å². The maximum Gasteiger partial charge on any atom is 0.240 e. The van der Waals surface area contributed by atoms with Crippen LogP contribution in [0, 0.1) is 0 Å². The number of piperidine rings is 1. The summed E-state index contributed by atoms with van der Waals surface area (Å²) in [6, 6.07) is 8.69. The lowest BCUT2D eigenvalue weighted by atomic mass is 10.1. The first-order valence-electron chi connectivity index (χ1n) is 8.48. The molecule has 2 rings (SSSR count). The topological polar surface area (TPSA) is 69.7 Å². The normalized spacial score (nSPS) is 15.9. The fourth-order valence-corrected chi connectivity index (χ4v) is 3.75. The molecule has 0 unspecified atom stereocenters. The summed E-state index contributed by atoms with van der Waals surface area (Å²) in [7, 11) is -3.50. The highest BCUT2D eigenvalue weighted by Gasteiger charge is 2.20. The Bertz CT molecular complexity index is 613. The van der Waals surface area contributed by atoms with Crippen LogP contribution in [0.4, 0.5) is 5.69 Å². The SMILES string of the molecule is CS(=O)(=O)N(CC(=O)NCCCN1CCCCC1)c1ccccc1. The van der Waals surface area contributed by atoms with Gasteiger partial charge in [-0.15, -0.1) is 0 Å².